The number of rotatable bonds is 2. The van der Waals surface area contributed by atoms with Crippen molar-refractivity contribution in [2.75, 3.05) is 11.1 Å². The lowest BCUT2D eigenvalue weighted by molar-refractivity contribution is 0.496. The second-order valence-corrected chi connectivity index (χ2v) is 4.67. The molecule has 0 aliphatic carbocycles. The number of nitrogen functional groups attached to an aromatic ring is 1. The molecule has 0 saturated carbocycles. The molecule has 1 aromatic carbocycles. The van der Waals surface area contributed by atoms with Crippen molar-refractivity contribution in [3.63, 3.8) is 0 Å². The number of aromatic nitrogens is 1. The highest BCUT2D eigenvalue weighted by Crippen LogP contribution is 2.31. The highest BCUT2D eigenvalue weighted by molar-refractivity contribution is 9.10. The number of nitrogens with one attached hydrogen (secondary N) is 1. The fraction of sp³-hybridized carbons (Fsp3) is 0.0833. The number of anilines is 3. The first-order valence-corrected chi connectivity index (χ1v) is 6.01. The number of hydrogen-bond donors (Lipinski definition) is 2. The standard InChI is InChI=1S/C12H9BrF3N3/c1-5-9(17)4-18-12(11(5)13)19-10-3-7(15)6(14)2-8(10)16/h2-4H,17H2,1H3,(H,18,19). The van der Waals surface area contributed by atoms with Gasteiger partial charge >= 0.3 is 0 Å². The summed E-state index contributed by atoms with van der Waals surface area (Å²) >= 11 is 3.25. The molecule has 1 aromatic heterocycles. The Hall–Kier alpha value is -1.76. The number of nitrogens with zero attached hydrogens (tertiary/aromatic N) is 1. The van der Waals surface area contributed by atoms with Gasteiger partial charge in [0.05, 0.1) is 22.0 Å². The molecular formula is C12H9BrF3N3. The first kappa shape index (κ1) is 13.7. The maximum Gasteiger partial charge on any atom is 0.161 e. The molecule has 19 heavy (non-hydrogen) atoms. The highest BCUT2D eigenvalue weighted by Gasteiger charge is 2.13. The molecule has 0 saturated heterocycles. The van der Waals surface area contributed by atoms with Gasteiger partial charge in [0.2, 0.25) is 0 Å². The summed E-state index contributed by atoms with van der Waals surface area (Å²) in [6.45, 7) is 1.74. The summed E-state index contributed by atoms with van der Waals surface area (Å²) in [4.78, 5) is 3.96. The largest absolute Gasteiger partial charge is 0.397 e. The molecule has 2 aromatic rings. The maximum atomic E-state index is 13.5. The van der Waals surface area contributed by atoms with Gasteiger partial charge in [-0.15, -0.1) is 0 Å². The zero-order chi connectivity index (χ0) is 14.2. The highest BCUT2D eigenvalue weighted by atomic mass is 79.9. The van der Waals surface area contributed by atoms with Gasteiger partial charge in [-0.05, 0) is 28.4 Å². The average Bonchev–Trinajstić information content (AvgIpc) is 2.36. The summed E-state index contributed by atoms with van der Waals surface area (Å²) < 4.78 is 39.9. The van der Waals surface area contributed by atoms with E-state index < -0.39 is 17.5 Å². The van der Waals surface area contributed by atoms with E-state index in [1.54, 1.807) is 6.92 Å². The molecule has 3 nitrogen and oxygen atoms in total. The summed E-state index contributed by atoms with van der Waals surface area (Å²) in [5.41, 5.74) is 6.61. The van der Waals surface area contributed by atoms with Gasteiger partial charge in [-0.1, -0.05) is 0 Å². The predicted octanol–water partition coefficient (Wildman–Crippen LogP) is 3.90. The van der Waals surface area contributed by atoms with Gasteiger partial charge in [0.1, 0.15) is 11.6 Å². The molecule has 3 N–H and O–H groups in total. The van der Waals surface area contributed by atoms with Crippen LogP contribution in [0.3, 0.4) is 0 Å². The number of halogens is 4. The third-order valence-corrected chi connectivity index (χ3v) is 3.54. The Morgan fingerprint density at radius 1 is 1.16 bits per heavy atom. The Bertz CT molecular complexity index is 647. The van der Waals surface area contributed by atoms with Crippen molar-refractivity contribution < 1.29 is 13.2 Å². The Balaban J connectivity index is 2.42. The first-order valence-electron chi connectivity index (χ1n) is 5.22. The van der Waals surface area contributed by atoms with E-state index in [1.165, 1.54) is 6.20 Å². The maximum absolute atomic E-state index is 13.5. The van der Waals surface area contributed by atoms with Gasteiger partial charge in [-0.3, -0.25) is 0 Å². The Morgan fingerprint density at radius 3 is 2.47 bits per heavy atom. The van der Waals surface area contributed by atoms with Crippen molar-refractivity contribution in [1.82, 2.24) is 4.98 Å². The molecule has 0 spiro atoms. The number of nitrogens with two attached hydrogens (primary N) is 1. The van der Waals surface area contributed by atoms with E-state index in [9.17, 15) is 13.2 Å². The second-order valence-electron chi connectivity index (χ2n) is 3.87. The molecule has 0 radical (unpaired) electrons. The minimum Gasteiger partial charge on any atom is -0.397 e. The van der Waals surface area contributed by atoms with Crippen molar-refractivity contribution >= 4 is 33.1 Å². The van der Waals surface area contributed by atoms with E-state index in [1.807, 2.05) is 0 Å². The molecule has 1 heterocycles. The lowest BCUT2D eigenvalue weighted by Crippen LogP contribution is -2.02. The molecule has 0 amide bonds. The molecule has 2 rings (SSSR count). The molecule has 0 aliphatic rings. The summed E-state index contributed by atoms with van der Waals surface area (Å²) in [6.07, 6.45) is 1.39. The van der Waals surface area contributed by atoms with Gasteiger partial charge in [0.25, 0.3) is 0 Å². The van der Waals surface area contributed by atoms with Crippen LogP contribution in [0.4, 0.5) is 30.4 Å². The predicted molar refractivity (Wildman–Crippen MR) is 70.7 cm³/mol. The Labute approximate surface area is 115 Å². The van der Waals surface area contributed by atoms with Crippen molar-refractivity contribution in [1.29, 1.82) is 0 Å². The Morgan fingerprint density at radius 2 is 1.79 bits per heavy atom. The van der Waals surface area contributed by atoms with Crippen LogP contribution in [-0.4, -0.2) is 4.98 Å². The molecule has 0 aliphatic heterocycles. The van der Waals surface area contributed by atoms with E-state index in [0.717, 1.165) is 6.07 Å². The van der Waals surface area contributed by atoms with Gasteiger partial charge in [0, 0.05) is 12.1 Å². The molecule has 7 heteroatoms. The minimum atomic E-state index is -1.25. The number of hydrogen-bond acceptors (Lipinski definition) is 3. The number of benzene rings is 1. The smallest absolute Gasteiger partial charge is 0.161 e. The van der Waals surface area contributed by atoms with Crippen LogP contribution in [0, 0.1) is 24.4 Å². The van der Waals surface area contributed by atoms with Crippen LogP contribution in [0.5, 0.6) is 0 Å². The summed E-state index contributed by atoms with van der Waals surface area (Å²) in [5.74, 6) is -3.05. The van der Waals surface area contributed by atoms with Crippen LogP contribution in [0.1, 0.15) is 5.56 Å². The summed E-state index contributed by atoms with van der Waals surface area (Å²) in [6, 6.07) is 1.19. The van der Waals surface area contributed by atoms with Gasteiger partial charge in [-0.2, -0.15) is 0 Å². The topological polar surface area (TPSA) is 50.9 Å². The molecule has 0 atom stereocenters. The quantitative estimate of drug-likeness (QED) is 0.820. The first-order chi connectivity index (χ1) is 8.90. The Kier molecular flexibility index (Phi) is 3.66. The zero-order valence-corrected chi connectivity index (χ0v) is 11.4. The molecule has 0 unspecified atom stereocenters. The lowest BCUT2D eigenvalue weighted by atomic mass is 10.2. The third-order valence-electron chi connectivity index (χ3n) is 2.57. The van der Waals surface area contributed by atoms with Crippen LogP contribution in [0.2, 0.25) is 0 Å². The van der Waals surface area contributed by atoms with Crippen LogP contribution in [0.25, 0.3) is 0 Å². The van der Waals surface area contributed by atoms with Crippen molar-refractivity contribution in [3.8, 4) is 0 Å². The van der Waals surface area contributed by atoms with Crippen molar-refractivity contribution in [2.24, 2.45) is 0 Å². The minimum absolute atomic E-state index is 0.212. The summed E-state index contributed by atoms with van der Waals surface area (Å²) in [7, 11) is 0. The van der Waals surface area contributed by atoms with Gasteiger partial charge < -0.3 is 11.1 Å². The van der Waals surface area contributed by atoms with Gasteiger partial charge in [-0.25, -0.2) is 18.2 Å². The third kappa shape index (κ3) is 2.65. The summed E-state index contributed by atoms with van der Waals surface area (Å²) in [5, 5.41) is 2.58. The SMILES string of the molecule is Cc1c(N)cnc(Nc2cc(F)c(F)cc2F)c1Br. The fourth-order valence-electron chi connectivity index (χ4n) is 1.42. The monoisotopic (exact) mass is 331 g/mol. The van der Waals surface area contributed by atoms with Gasteiger partial charge in [0.15, 0.2) is 11.6 Å². The van der Waals surface area contributed by atoms with E-state index in [0.29, 0.717) is 21.8 Å². The molecule has 0 fully saturated rings. The lowest BCUT2D eigenvalue weighted by Gasteiger charge is -2.11. The molecule has 100 valence electrons. The fourth-order valence-corrected chi connectivity index (χ4v) is 1.86. The normalized spacial score (nSPS) is 10.6. The molecule has 0 bridgehead atoms. The van der Waals surface area contributed by atoms with Crippen LogP contribution in [0.15, 0.2) is 22.8 Å². The molecular weight excluding hydrogens is 323 g/mol. The van der Waals surface area contributed by atoms with E-state index in [4.69, 9.17) is 5.73 Å². The van der Waals surface area contributed by atoms with Crippen molar-refractivity contribution in [3.05, 3.63) is 45.8 Å². The second kappa shape index (κ2) is 5.08. The van der Waals surface area contributed by atoms with Crippen LogP contribution >= 0.6 is 15.9 Å². The van der Waals surface area contributed by atoms with Crippen LogP contribution < -0.4 is 11.1 Å². The zero-order valence-electron chi connectivity index (χ0n) is 9.77. The number of pyridine rings is 1. The van der Waals surface area contributed by atoms with E-state index in [-0.39, 0.29) is 11.5 Å². The van der Waals surface area contributed by atoms with Crippen LogP contribution in [-0.2, 0) is 0 Å². The van der Waals surface area contributed by atoms with E-state index >= 15 is 0 Å². The average molecular weight is 332 g/mol. The van der Waals surface area contributed by atoms with Crippen molar-refractivity contribution in [2.45, 2.75) is 6.92 Å². The van der Waals surface area contributed by atoms with E-state index in [2.05, 4.69) is 26.2 Å².